The van der Waals surface area contributed by atoms with Gasteiger partial charge in [0.1, 0.15) is 16.4 Å². The number of carbonyl (C=O) groups excluding carboxylic acids is 1. The van der Waals surface area contributed by atoms with E-state index >= 15 is 0 Å². The van der Waals surface area contributed by atoms with Crippen LogP contribution in [0.3, 0.4) is 0 Å². The topological polar surface area (TPSA) is 64.1 Å². The predicted molar refractivity (Wildman–Crippen MR) is 99.5 cm³/mol. The number of nitrogens with zero attached hydrogens (tertiary/aromatic N) is 2. The van der Waals surface area contributed by atoms with Gasteiger partial charge in [-0.15, -0.1) is 11.3 Å². The van der Waals surface area contributed by atoms with Gasteiger partial charge >= 0.3 is 0 Å². The number of hydrogen-bond acceptors (Lipinski definition) is 5. The fraction of sp³-hybridized carbons (Fsp3) is 0.211. The number of rotatable bonds is 4. The average molecular weight is 353 g/mol. The van der Waals surface area contributed by atoms with Gasteiger partial charge in [0.2, 0.25) is 0 Å². The molecule has 0 fully saturated rings. The minimum absolute atomic E-state index is 0.0680. The molecule has 0 unspecified atom stereocenters. The van der Waals surface area contributed by atoms with Gasteiger partial charge in [-0.1, -0.05) is 26.8 Å². The Kier molecular flexibility index (Phi) is 4.81. The molecule has 5 nitrogen and oxygen atoms in total. The molecule has 1 amide bonds. The standard InChI is InChI=1S/C19H19N3O2S/c1-19(2,3)18-21-12-16(25-18)17(23)22-13-5-4-6-15(11-13)24-14-7-9-20-10-8-14/h4-12H,1-3H3,(H,22,23). The number of benzene rings is 1. The number of anilines is 1. The Morgan fingerprint density at radius 1 is 1.12 bits per heavy atom. The van der Waals surface area contributed by atoms with Gasteiger partial charge in [0, 0.05) is 29.6 Å². The van der Waals surface area contributed by atoms with Crippen molar-refractivity contribution in [3.05, 3.63) is 64.9 Å². The van der Waals surface area contributed by atoms with Crippen LogP contribution >= 0.6 is 11.3 Å². The van der Waals surface area contributed by atoms with Crippen LogP contribution in [0.15, 0.2) is 55.0 Å². The summed E-state index contributed by atoms with van der Waals surface area (Å²) in [5.41, 5.74) is 0.601. The third-order valence-corrected chi connectivity index (χ3v) is 4.77. The largest absolute Gasteiger partial charge is 0.457 e. The van der Waals surface area contributed by atoms with Crippen molar-refractivity contribution < 1.29 is 9.53 Å². The molecule has 2 aromatic heterocycles. The van der Waals surface area contributed by atoms with E-state index in [1.807, 2.05) is 18.2 Å². The molecule has 0 atom stereocenters. The van der Waals surface area contributed by atoms with E-state index in [0.29, 0.717) is 22.1 Å². The summed E-state index contributed by atoms with van der Waals surface area (Å²) in [6.07, 6.45) is 4.95. The van der Waals surface area contributed by atoms with Crippen molar-refractivity contribution in [3.63, 3.8) is 0 Å². The first-order valence-electron chi connectivity index (χ1n) is 7.87. The first kappa shape index (κ1) is 17.1. The molecule has 128 valence electrons. The monoisotopic (exact) mass is 353 g/mol. The quantitative estimate of drug-likeness (QED) is 0.726. The van der Waals surface area contributed by atoms with Crippen molar-refractivity contribution in [1.82, 2.24) is 9.97 Å². The average Bonchev–Trinajstić information content (AvgIpc) is 3.06. The maximum atomic E-state index is 12.4. The van der Waals surface area contributed by atoms with Crippen LogP contribution < -0.4 is 10.1 Å². The van der Waals surface area contributed by atoms with Crippen LogP contribution in [0.25, 0.3) is 0 Å². The normalized spacial score (nSPS) is 11.2. The van der Waals surface area contributed by atoms with Crippen molar-refractivity contribution in [2.75, 3.05) is 5.32 Å². The highest BCUT2D eigenvalue weighted by Crippen LogP contribution is 2.28. The van der Waals surface area contributed by atoms with Gasteiger partial charge in [0.15, 0.2) is 0 Å². The van der Waals surface area contributed by atoms with E-state index in [0.717, 1.165) is 5.01 Å². The number of pyridine rings is 1. The van der Waals surface area contributed by atoms with E-state index in [2.05, 4.69) is 36.1 Å². The van der Waals surface area contributed by atoms with Crippen LogP contribution in [0.4, 0.5) is 5.69 Å². The highest BCUT2D eigenvalue weighted by Gasteiger charge is 2.20. The molecule has 1 aromatic carbocycles. The first-order chi connectivity index (χ1) is 11.9. The van der Waals surface area contributed by atoms with Crippen LogP contribution in [0.1, 0.15) is 35.5 Å². The van der Waals surface area contributed by atoms with Crippen molar-refractivity contribution in [1.29, 1.82) is 0 Å². The number of amides is 1. The van der Waals surface area contributed by atoms with Crippen LogP contribution in [-0.4, -0.2) is 15.9 Å². The molecule has 0 spiro atoms. The van der Waals surface area contributed by atoms with E-state index in [9.17, 15) is 4.79 Å². The maximum absolute atomic E-state index is 12.4. The highest BCUT2D eigenvalue weighted by atomic mass is 32.1. The van der Waals surface area contributed by atoms with Crippen molar-refractivity contribution in [2.24, 2.45) is 0 Å². The molecule has 1 N–H and O–H groups in total. The molecule has 3 aromatic rings. The minimum Gasteiger partial charge on any atom is -0.457 e. The summed E-state index contributed by atoms with van der Waals surface area (Å²) in [7, 11) is 0. The Balaban J connectivity index is 1.71. The summed E-state index contributed by atoms with van der Waals surface area (Å²) in [5.74, 6) is 1.16. The summed E-state index contributed by atoms with van der Waals surface area (Å²) in [6.45, 7) is 6.23. The van der Waals surface area contributed by atoms with Gasteiger partial charge in [0.25, 0.3) is 5.91 Å². The Hall–Kier alpha value is -2.73. The predicted octanol–water partition coefficient (Wildman–Crippen LogP) is 4.88. The minimum atomic E-state index is -0.172. The molecule has 0 saturated heterocycles. The second-order valence-electron chi connectivity index (χ2n) is 6.55. The van der Waals surface area contributed by atoms with Crippen molar-refractivity contribution >= 4 is 22.9 Å². The van der Waals surface area contributed by atoms with Gasteiger partial charge in [-0.25, -0.2) is 4.98 Å². The summed E-state index contributed by atoms with van der Waals surface area (Å²) < 4.78 is 5.75. The summed E-state index contributed by atoms with van der Waals surface area (Å²) >= 11 is 1.41. The first-order valence-corrected chi connectivity index (χ1v) is 8.69. The molecule has 0 aliphatic heterocycles. The van der Waals surface area contributed by atoms with Gasteiger partial charge < -0.3 is 10.1 Å². The maximum Gasteiger partial charge on any atom is 0.267 e. The van der Waals surface area contributed by atoms with Crippen molar-refractivity contribution in [2.45, 2.75) is 26.2 Å². The van der Waals surface area contributed by atoms with Crippen LogP contribution in [0.5, 0.6) is 11.5 Å². The third-order valence-electron chi connectivity index (χ3n) is 3.35. The molecular formula is C19H19N3O2S. The summed E-state index contributed by atoms with van der Waals surface area (Å²) in [6, 6.07) is 10.8. The van der Waals surface area contributed by atoms with Crippen LogP contribution in [0.2, 0.25) is 0 Å². The molecule has 0 radical (unpaired) electrons. The lowest BCUT2D eigenvalue weighted by Gasteiger charge is -2.13. The van der Waals surface area contributed by atoms with E-state index in [1.165, 1.54) is 11.3 Å². The summed E-state index contributed by atoms with van der Waals surface area (Å²) in [5, 5.41) is 3.83. The molecule has 25 heavy (non-hydrogen) atoms. The third kappa shape index (κ3) is 4.42. The SMILES string of the molecule is CC(C)(C)c1ncc(C(=O)Nc2cccc(Oc3ccncc3)c2)s1. The van der Waals surface area contributed by atoms with Gasteiger partial charge in [0.05, 0.1) is 11.2 Å². The lowest BCUT2D eigenvalue weighted by molar-refractivity contribution is 0.103. The molecule has 3 rings (SSSR count). The molecule has 6 heteroatoms. The van der Waals surface area contributed by atoms with Gasteiger partial charge in [-0.3, -0.25) is 9.78 Å². The lowest BCUT2D eigenvalue weighted by atomic mass is 9.98. The zero-order valence-electron chi connectivity index (χ0n) is 14.3. The molecule has 2 heterocycles. The Labute approximate surface area is 150 Å². The number of aromatic nitrogens is 2. The number of hydrogen-bond donors (Lipinski definition) is 1. The van der Waals surface area contributed by atoms with Crippen molar-refractivity contribution in [3.8, 4) is 11.5 Å². The van der Waals surface area contributed by atoms with Gasteiger partial charge in [-0.2, -0.15) is 0 Å². The van der Waals surface area contributed by atoms with E-state index in [1.54, 1.807) is 36.8 Å². The summed E-state index contributed by atoms with van der Waals surface area (Å²) in [4.78, 5) is 21.3. The smallest absolute Gasteiger partial charge is 0.267 e. The van der Waals surface area contributed by atoms with E-state index < -0.39 is 0 Å². The zero-order valence-corrected chi connectivity index (χ0v) is 15.1. The molecule has 0 bridgehead atoms. The van der Waals surface area contributed by atoms with Crippen LogP contribution in [-0.2, 0) is 5.41 Å². The Morgan fingerprint density at radius 3 is 2.56 bits per heavy atom. The van der Waals surface area contributed by atoms with E-state index in [-0.39, 0.29) is 11.3 Å². The molecule has 0 saturated carbocycles. The second-order valence-corrected chi connectivity index (χ2v) is 7.58. The lowest BCUT2D eigenvalue weighted by Crippen LogP contribution is -2.11. The zero-order chi connectivity index (χ0) is 17.9. The molecule has 0 aliphatic rings. The Morgan fingerprint density at radius 2 is 1.88 bits per heavy atom. The fourth-order valence-electron chi connectivity index (χ4n) is 2.10. The van der Waals surface area contributed by atoms with Crippen LogP contribution in [0, 0.1) is 0 Å². The number of thiazole rings is 1. The highest BCUT2D eigenvalue weighted by molar-refractivity contribution is 7.13. The van der Waals surface area contributed by atoms with Gasteiger partial charge in [-0.05, 0) is 24.3 Å². The second kappa shape index (κ2) is 7.03. The van der Waals surface area contributed by atoms with E-state index in [4.69, 9.17) is 4.74 Å². The number of ether oxygens (including phenoxy) is 1. The Bertz CT molecular complexity index is 870. The molecular weight excluding hydrogens is 334 g/mol. The number of nitrogens with one attached hydrogen (secondary N) is 1. The molecule has 0 aliphatic carbocycles. The number of carbonyl (C=O) groups is 1. The fourth-order valence-corrected chi connectivity index (χ4v) is 2.97.